The highest BCUT2D eigenvalue weighted by Crippen LogP contribution is 2.34. The zero-order valence-corrected chi connectivity index (χ0v) is 12.2. The SMILES string of the molecule is CC1CN(CC(=O)N2CCOCC2)c2cc(N)ccc2O1. The van der Waals surface area contributed by atoms with Crippen LogP contribution in [-0.4, -0.2) is 56.3 Å². The summed E-state index contributed by atoms with van der Waals surface area (Å²) >= 11 is 0. The normalized spacial score (nSPS) is 21.7. The number of benzene rings is 1. The second kappa shape index (κ2) is 5.81. The molecule has 1 amide bonds. The van der Waals surface area contributed by atoms with Gasteiger partial charge in [0.05, 0.1) is 32.0 Å². The molecule has 1 aromatic carbocycles. The first kappa shape index (κ1) is 14.0. The van der Waals surface area contributed by atoms with E-state index in [1.54, 1.807) is 0 Å². The van der Waals surface area contributed by atoms with Crippen LogP contribution in [0.3, 0.4) is 0 Å². The standard InChI is InChI=1S/C15H21N3O3/c1-11-9-18(10-15(19)17-4-6-20-7-5-17)13-8-12(16)2-3-14(13)21-11/h2-3,8,11H,4-7,9-10,16H2,1H3. The molecule has 2 aliphatic heterocycles. The smallest absolute Gasteiger partial charge is 0.242 e. The second-order valence-electron chi connectivity index (χ2n) is 5.53. The van der Waals surface area contributed by atoms with Crippen LogP contribution in [0.25, 0.3) is 0 Å². The van der Waals surface area contributed by atoms with Crippen LogP contribution in [0.5, 0.6) is 5.75 Å². The van der Waals surface area contributed by atoms with Crippen molar-refractivity contribution in [3.05, 3.63) is 18.2 Å². The van der Waals surface area contributed by atoms with Crippen LogP contribution in [0, 0.1) is 0 Å². The number of hydrogen-bond acceptors (Lipinski definition) is 5. The van der Waals surface area contributed by atoms with E-state index in [1.807, 2.05) is 30.0 Å². The van der Waals surface area contributed by atoms with Gasteiger partial charge in [0.2, 0.25) is 5.91 Å². The van der Waals surface area contributed by atoms with Gasteiger partial charge in [0.25, 0.3) is 0 Å². The fraction of sp³-hybridized carbons (Fsp3) is 0.533. The second-order valence-corrected chi connectivity index (χ2v) is 5.53. The van der Waals surface area contributed by atoms with E-state index in [4.69, 9.17) is 15.2 Å². The Labute approximate surface area is 124 Å². The fourth-order valence-electron chi connectivity index (χ4n) is 2.77. The molecule has 2 aliphatic rings. The Bertz CT molecular complexity index is 529. The summed E-state index contributed by atoms with van der Waals surface area (Å²) in [7, 11) is 0. The number of anilines is 2. The molecule has 0 radical (unpaired) electrons. The number of nitrogens with zero attached hydrogens (tertiary/aromatic N) is 2. The van der Waals surface area contributed by atoms with Gasteiger partial charge in [0.15, 0.2) is 0 Å². The third-order valence-corrected chi connectivity index (χ3v) is 3.82. The van der Waals surface area contributed by atoms with Crippen LogP contribution in [0.1, 0.15) is 6.92 Å². The lowest BCUT2D eigenvalue weighted by molar-refractivity contribution is -0.133. The molecule has 2 heterocycles. The monoisotopic (exact) mass is 291 g/mol. The van der Waals surface area contributed by atoms with Gasteiger partial charge in [-0.3, -0.25) is 4.79 Å². The molecule has 0 aromatic heterocycles. The van der Waals surface area contributed by atoms with Crippen molar-refractivity contribution in [3.8, 4) is 5.75 Å². The molecule has 1 atom stereocenters. The summed E-state index contributed by atoms with van der Waals surface area (Å²) < 4.78 is 11.1. The first-order valence-corrected chi connectivity index (χ1v) is 7.30. The molecule has 1 unspecified atom stereocenters. The van der Waals surface area contributed by atoms with Crippen LogP contribution in [0.15, 0.2) is 18.2 Å². The molecule has 0 aliphatic carbocycles. The minimum absolute atomic E-state index is 0.0543. The van der Waals surface area contributed by atoms with Crippen molar-refractivity contribution >= 4 is 17.3 Å². The van der Waals surface area contributed by atoms with Crippen molar-refractivity contribution in [2.24, 2.45) is 0 Å². The molecule has 6 heteroatoms. The van der Waals surface area contributed by atoms with Crippen LogP contribution < -0.4 is 15.4 Å². The zero-order valence-electron chi connectivity index (χ0n) is 12.2. The van der Waals surface area contributed by atoms with Crippen LogP contribution in [0.2, 0.25) is 0 Å². The van der Waals surface area contributed by atoms with Crippen molar-refractivity contribution in [1.82, 2.24) is 4.90 Å². The summed E-state index contributed by atoms with van der Waals surface area (Å²) in [6, 6.07) is 5.55. The van der Waals surface area contributed by atoms with Crippen molar-refractivity contribution < 1.29 is 14.3 Å². The Morgan fingerprint density at radius 3 is 2.90 bits per heavy atom. The predicted octanol–water partition coefficient (Wildman–Crippen LogP) is 0.715. The molecule has 114 valence electrons. The lowest BCUT2D eigenvalue weighted by Gasteiger charge is -2.36. The topological polar surface area (TPSA) is 68.0 Å². The highest BCUT2D eigenvalue weighted by atomic mass is 16.5. The number of nitrogens with two attached hydrogens (primary N) is 1. The molecule has 0 bridgehead atoms. The number of hydrogen-bond donors (Lipinski definition) is 1. The van der Waals surface area contributed by atoms with E-state index in [9.17, 15) is 4.79 Å². The van der Waals surface area contributed by atoms with Gasteiger partial charge in [0, 0.05) is 18.8 Å². The lowest BCUT2D eigenvalue weighted by atomic mass is 10.1. The van der Waals surface area contributed by atoms with Gasteiger partial charge >= 0.3 is 0 Å². The number of morpholine rings is 1. The Morgan fingerprint density at radius 2 is 2.14 bits per heavy atom. The Balaban J connectivity index is 1.76. The summed E-state index contributed by atoms with van der Waals surface area (Å²) in [6.45, 7) is 5.62. The largest absolute Gasteiger partial charge is 0.487 e. The van der Waals surface area contributed by atoms with Crippen LogP contribution in [0.4, 0.5) is 11.4 Å². The molecular weight excluding hydrogens is 270 g/mol. The predicted molar refractivity (Wildman–Crippen MR) is 80.6 cm³/mol. The first-order valence-electron chi connectivity index (χ1n) is 7.30. The third-order valence-electron chi connectivity index (χ3n) is 3.82. The summed E-state index contributed by atoms with van der Waals surface area (Å²) in [6.07, 6.45) is 0.0543. The molecule has 1 saturated heterocycles. The number of carbonyl (C=O) groups excluding carboxylic acids is 1. The summed E-state index contributed by atoms with van der Waals surface area (Å²) in [5, 5.41) is 0. The van der Waals surface area contributed by atoms with Crippen molar-refractivity contribution in [2.45, 2.75) is 13.0 Å². The van der Waals surface area contributed by atoms with E-state index >= 15 is 0 Å². The molecule has 1 aromatic rings. The molecule has 6 nitrogen and oxygen atoms in total. The van der Waals surface area contributed by atoms with E-state index in [1.165, 1.54) is 0 Å². The maximum absolute atomic E-state index is 12.4. The number of nitrogen functional groups attached to an aromatic ring is 1. The molecule has 0 spiro atoms. The Kier molecular flexibility index (Phi) is 3.88. The number of fused-ring (bicyclic) bond motifs is 1. The first-order chi connectivity index (χ1) is 10.1. The number of rotatable bonds is 2. The number of ether oxygens (including phenoxy) is 2. The Morgan fingerprint density at radius 1 is 1.38 bits per heavy atom. The van der Waals surface area contributed by atoms with Crippen molar-refractivity contribution in [1.29, 1.82) is 0 Å². The quantitative estimate of drug-likeness (QED) is 0.813. The molecular formula is C15H21N3O3. The van der Waals surface area contributed by atoms with Gasteiger partial charge in [-0.1, -0.05) is 0 Å². The van der Waals surface area contributed by atoms with Crippen LogP contribution >= 0.6 is 0 Å². The van der Waals surface area contributed by atoms with E-state index in [2.05, 4.69) is 4.90 Å². The van der Waals surface area contributed by atoms with E-state index in [0.717, 1.165) is 11.4 Å². The molecule has 3 rings (SSSR count). The van der Waals surface area contributed by atoms with E-state index < -0.39 is 0 Å². The number of carbonyl (C=O) groups is 1. The van der Waals surface area contributed by atoms with Gasteiger partial charge in [-0.05, 0) is 25.1 Å². The van der Waals surface area contributed by atoms with E-state index in [-0.39, 0.29) is 12.0 Å². The van der Waals surface area contributed by atoms with Gasteiger partial charge in [-0.25, -0.2) is 0 Å². The molecule has 21 heavy (non-hydrogen) atoms. The summed E-state index contributed by atoms with van der Waals surface area (Å²) in [5.41, 5.74) is 7.43. The lowest BCUT2D eigenvalue weighted by Crippen LogP contribution is -2.48. The summed E-state index contributed by atoms with van der Waals surface area (Å²) in [4.78, 5) is 16.3. The fourth-order valence-corrected chi connectivity index (χ4v) is 2.77. The van der Waals surface area contributed by atoms with Gasteiger partial charge in [-0.15, -0.1) is 0 Å². The maximum Gasteiger partial charge on any atom is 0.242 e. The minimum atomic E-state index is 0.0543. The minimum Gasteiger partial charge on any atom is -0.487 e. The van der Waals surface area contributed by atoms with Gasteiger partial charge in [-0.2, -0.15) is 0 Å². The van der Waals surface area contributed by atoms with Gasteiger partial charge < -0.3 is 25.0 Å². The highest BCUT2D eigenvalue weighted by molar-refractivity contribution is 5.83. The number of amides is 1. The van der Waals surface area contributed by atoms with Gasteiger partial charge in [0.1, 0.15) is 11.9 Å². The zero-order chi connectivity index (χ0) is 14.8. The average molecular weight is 291 g/mol. The molecule has 1 fully saturated rings. The summed E-state index contributed by atoms with van der Waals surface area (Å²) in [5.74, 6) is 0.915. The highest BCUT2D eigenvalue weighted by Gasteiger charge is 2.27. The van der Waals surface area contributed by atoms with Crippen molar-refractivity contribution in [2.75, 3.05) is 50.0 Å². The van der Waals surface area contributed by atoms with E-state index in [0.29, 0.717) is 45.1 Å². The van der Waals surface area contributed by atoms with Crippen LogP contribution in [-0.2, 0) is 9.53 Å². The third kappa shape index (κ3) is 3.05. The average Bonchev–Trinajstić information content (AvgIpc) is 2.49. The van der Waals surface area contributed by atoms with Crippen molar-refractivity contribution in [3.63, 3.8) is 0 Å². The molecule has 2 N–H and O–H groups in total. The Hall–Kier alpha value is -1.95. The maximum atomic E-state index is 12.4. The molecule has 0 saturated carbocycles.